The highest BCUT2D eigenvalue weighted by Crippen LogP contribution is 2.04. The van der Waals surface area contributed by atoms with Crippen LogP contribution in [-0.4, -0.2) is 45.4 Å². The summed E-state index contributed by atoms with van der Waals surface area (Å²) in [6.07, 6.45) is 2.48. The zero-order valence-electron chi connectivity index (χ0n) is 10.5. The molecular weight excluding hydrogens is 208 g/mol. The van der Waals surface area contributed by atoms with Gasteiger partial charge < -0.3 is 20.5 Å². The molecule has 0 fully saturated rings. The molecule has 2 atom stereocenters. The van der Waals surface area contributed by atoms with Gasteiger partial charge in [-0.05, 0) is 33.2 Å². The fourth-order valence-electron chi connectivity index (χ4n) is 1.46. The third-order valence-corrected chi connectivity index (χ3v) is 2.43. The van der Waals surface area contributed by atoms with Crippen LogP contribution in [0.25, 0.3) is 0 Å². The second-order valence-corrected chi connectivity index (χ2v) is 3.73. The predicted octanol–water partition coefficient (Wildman–Crippen LogP) is 0.282. The summed E-state index contributed by atoms with van der Waals surface area (Å²) in [6, 6.07) is -0.181. The number of carbonyl (C=O) groups excluding carboxylic acids is 1. The van der Waals surface area contributed by atoms with E-state index >= 15 is 0 Å². The molecule has 0 aromatic heterocycles. The van der Waals surface area contributed by atoms with Crippen molar-refractivity contribution < 1.29 is 14.3 Å². The lowest BCUT2D eigenvalue weighted by molar-refractivity contribution is -0.144. The van der Waals surface area contributed by atoms with Gasteiger partial charge in [0, 0.05) is 13.2 Å². The van der Waals surface area contributed by atoms with Gasteiger partial charge in [-0.25, -0.2) is 0 Å². The maximum atomic E-state index is 11.2. The number of hydrogen-bond acceptors (Lipinski definition) is 5. The third-order valence-electron chi connectivity index (χ3n) is 2.43. The summed E-state index contributed by atoms with van der Waals surface area (Å²) < 4.78 is 9.88. The van der Waals surface area contributed by atoms with E-state index in [2.05, 4.69) is 5.32 Å². The van der Waals surface area contributed by atoms with Crippen LogP contribution >= 0.6 is 0 Å². The van der Waals surface area contributed by atoms with Crippen LogP contribution in [0.4, 0.5) is 0 Å². The highest BCUT2D eigenvalue weighted by Gasteiger charge is 2.14. The van der Waals surface area contributed by atoms with Gasteiger partial charge in [0.15, 0.2) is 0 Å². The number of likely N-dealkylation sites (N-methyl/N-ethyl adjacent to an activating group) is 1. The lowest BCUT2D eigenvalue weighted by atomic mass is 10.1. The van der Waals surface area contributed by atoms with E-state index in [0.717, 1.165) is 12.8 Å². The number of esters is 1. The van der Waals surface area contributed by atoms with Crippen molar-refractivity contribution in [2.75, 3.05) is 27.4 Å². The highest BCUT2D eigenvalue weighted by atomic mass is 16.5. The number of hydrogen-bond donors (Lipinski definition) is 2. The van der Waals surface area contributed by atoms with Gasteiger partial charge in [0.1, 0.15) is 6.04 Å². The van der Waals surface area contributed by atoms with Crippen molar-refractivity contribution in [1.29, 1.82) is 0 Å². The molecule has 0 aliphatic rings. The van der Waals surface area contributed by atoms with Crippen molar-refractivity contribution in [2.24, 2.45) is 5.73 Å². The minimum absolute atomic E-state index is 0.310. The average Bonchev–Trinajstić information content (AvgIpc) is 2.28. The smallest absolute Gasteiger partial charge is 0.322 e. The zero-order valence-corrected chi connectivity index (χ0v) is 10.5. The van der Waals surface area contributed by atoms with Crippen LogP contribution < -0.4 is 11.1 Å². The van der Waals surface area contributed by atoms with Crippen molar-refractivity contribution in [1.82, 2.24) is 5.32 Å². The molecule has 0 saturated carbocycles. The van der Waals surface area contributed by atoms with E-state index in [1.807, 2.05) is 7.05 Å². The molecule has 96 valence electrons. The Morgan fingerprint density at radius 3 is 2.62 bits per heavy atom. The van der Waals surface area contributed by atoms with Crippen molar-refractivity contribution >= 4 is 5.97 Å². The van der Waals surface area contributed by atoms with Crippen molar-refractivity contribution in [3.63, 3.8) is 0 Å². The summed E-state index contributed by atoms with van der Waals surface area (Å²) in [4.78, 5) is 11.2. The molecule has 3 N–H and O–H groups in total. The second-order valence-electron chi connectivity index (χ2n) is 3.73. The molecule has 0 aromatic carbocycles. The lowest BCUT2D eigenvalue weighted by Gasteiger charge is -2.16. The molecule has 0 amide bonds. The molecule has 0 aliphatic heterocycles. The van der Waals surface area contributed by atoms with Gasteiger partial charge in [0.25, 0.3) is 0 Å². The fourth-order valence-corrected chi connectivity index (χ4v) is 1.46. The summed E-state index contributed by atoms with van der Waals surface area (Å²) in [5.41, 5.74) is 5.68. The van der Waals surface area contributed by atoms with E-state index in [4.69, 9.17) is 15.2 Å². The fraction of sp³-hybridized carbons (Fsp3) is 0.909. The van der Waals surface area contributed by atoms with Crippen LogP contribution in [0.2, 0.25) is 0 Å². The van der Waals surface area contributed by atoms with Crippen LogP contribution in [-0.2, 0) is 14.3 Å². The third kappa shape index (κ3) is 6.76. The SMILES string of the molecule is CCOC(=O)C(N)CCCC(COC)NC. The molecule has 0 aromatic rings. The van der Waals surface area contributed by atoms with E-state index in [0.29, 0.717) is 25.7 Å². The van der Waals surface area contributed by atoms with Gasteiger partial charge in [-0.3, -0.25) is 4.79 Å². The molecule has 0 radical (unpaired) electrons. The monoisotopic (exact) mass is 232 g/mol. The summed E-state index contributed by atoms with van der Waals surface area (Å²) in [6.45, 7) is 2.83. The Morgan fingerprint density at radius 2 is 2.12 bits per heavy atom. The van der Waals surface area contributed by atoms with Crippen molar-refractivity contribution in [2.45, 2.75) is 38.3 Å². The number of nitrogens with two attached hydrogens (primary N) is 1. The molecule has 0 bridgehead atoms. The molecule has 5 nitrogen and oxygen atoms in total. The number of ether oxygens (including phenoxy) is 2. The molecule has 5 heteroatoms. The number of rotatable bonds is 9. The Balaban J connectivity index is 3.66. The number of methoxy groups -OCH3 is 1. The predicted molar refractivity (Wildman–Crippen MR) is 63.2 cm³/mol. The Kier molecular flexibility index (Phi) is 9.18. The maximum absolute atomic E-state index is 11.2. The second kappa shape index (κ2) is 9.57. The topological polar surface area (TPSA) is 73.6 Å². The van der Waals surface area contributed by atoms with Gasteiger partial charge in [0.2, 0.25) is 0 Å². The molecule has 0 heterocycles. The van der Waals surface area contributed by atoms with Crippen LogP contribution in [0.3, 0.4) is 0 Å². The first-order valence-electron chi connectivity index (χ1n) is 5.74. The standard InChI is InChI=1S/C11H24N2O3/c1-4-16-11(14)10(12)7-5-6-9(13-2)8-15-3/h9-10,13H,4-8,12H2,1-3H3. The molecule has 0 aliphatic carbocycles. The summed E-state index contributed by atoms with van der Waals surface area (Å²) in [5.74, 6) is -0.310. The van der Waals surface area contributed by atoms with Crippen LogP contribution in [0.1, 0.15) is 26.2 Å². The normalized spacial score (nSPS) is 14.5. The van der Waals surface area contributed by atoms with Gasteiger partial charge in [-0.15, -0.1) is 0 Å². The minimum Gasteiger partial charge on any atom is -0.465 e. The van der Waals surface area contributed by atoms with Crippen molar-refractivity contribution in [3.05, 3.63) is 0 Å². The van der Waals surface area contributed by atoms with Gasteiger partial charge in [0.05, 0.1) is 13.2 Å². The van der Waals surface area contributed by atoms with E-state index in [-0.39, 0.29) is 5.97 Å². The zero-order chi connectivity index (χ0) is 12.4. The van der Waals surface area contributed by atoms with E-state index in [9.17, 15) is 4.79 Å². The van der Waals surface area contributed by atoms with Crippen LogP contribution in [0.15, 0.2) is 0 Å². The minimum atomic E-state index is -0.500. The van der Waals surface area contributed by atoms with Crippen LogP contribution in [0.5, 0.6) is 0 Å². The quantitative estimate of drug-likeness (QED) is 0.559. The average molecular weight is 232 g/mol. The van der Waals surface area contributed by atoms with Crippen molar-refractivity contribution in [3.8, 4) is 0 Å². The summed E-state index contributed by atoms with van der Waals surface area (Å²) in [5, 5.41) is 3.15. The Morgan fingerprint density at radius 1 is 1.44 bits per heavy atom. The summed E-state index contributed by atoms with van der Waals surface area (Å²) >= 11 is 0. The molecule has 2 unspecified atom stereocenters. The Bertz CT molecular complexity index is 188. The van der Waals surface area contributed by atoms with E-state index < -0.39 is 6.04 Å². The number of nitrogens with one attached hydrogen (secondary N) is 1. The first-order valence-corrected chi connectivity index (χ1v) is 5.74. The first-order chi connectivity index (χ1) is 7.65. The Labute approximate surface area is 97.7 Å². The summed E-state index contributed by atoms with van der Waals surface area (Å²) in [7, 11) is 3.57. The lowest BCUT2D eigenvalue weighted by Crippen LogP contribution is -2.34. The maximum Gasteiger partial charge on any atom is 0.322 e. The largest absolute Gasteiger partial charge is 0.465 e. The molecule has 0 spiro atoms. The highest BCUT2D eigenvalue weighted by molar-refractivity contribution is 5.75. The first kappa shape index (κ1) is 15.3. The molecule has 0 saturated heterocycles. The molecular formula is C11H24N2O3. The molecule has 0 rings (SSSR count). The van der Waals surface area contributed by atoms with Gasteiger partial charge in [-0.1, -0.05) is 0 Å². The van der Waals surface area contributed by atoms with Gasteiger partial charge in [-0.2, -0.15) is 0 Å². The number of carbonyl (C=O) groups is 1. The van der Waals surface area contributed by atoms with Crippen LogP contribution in [0, 0.1) is 0 Å². The van der Waals surface area contributed by atoms with E-state index in [1.54, 1.807) is 14.0 Å². The molecule has 16 heavy (non-hydrogen) atoms. The van der Waals surface area contributed by atoms with E-state index in [1.165, 1.54) is 0 Å². The van der Waals surface area contributed by atoms with Gasteiger partial charge >= 0.3 is 5.97 Å². The Hall–Kier alpha value is -0.650.